The summed E-state index contributed by atoms with van der Waals surface area (Å²) in [5.41, 5.74) is 0.589. The minimum atomic E-state index is -0.352. The van der Waals surface area contributed by atoms with E-state index in [2.05, 4.69) is 5.32 Å². The van der Waals surface area contributed by atoms with Gasteiger partial charge in [-0.3, -0.25) is 9.59 Å². The number of carbonyl (C=O) groups excluding carboxylic acids is 1. The van der Waals surface area contributed by atoms with Crippen LogP contribution in [0.1, 0.15) is 13.3 Å². The molecule has 3 rings (SSSR count). The molecule has 0 aliphatic heterocycles. The van der Waals surface area contributed by atoms with Crippen molar-refractivity contribution >= 4 is 16.9 Å². The molecule has 134 valence electrons. The summed E-state index contributed by atoms with van der Waals surface area (Å²) < 4.78 is 11.2. The van der Waals surface area contributed by atoms with Gasteiger partial charge in [0, 0.05) is 30.3 Å². The quantitative estimate of drug-likeness (QED) is 0.711. The molecule has 6 heteroatoms. The molecule has 6 nitrogen and oxygen atoms in total. The first kappa shape index (κ1) is 17.5. The molecule has 0 bridgehead atoms. The van der Waals surface area contributed by atoms with Crippen LogP contribution in [0, 0.1) is 0 Å². The van der Waals surface area contributed by atoms with Crippen LogP contribution in [-0.4, -0.2) is 24.2 Å². The average molecular weight is 353 g/mol. The lowest BCUT2D eigenvalue weighted by Gasteiger charge is -2.09. The van der Waals surface area contributed by atoms with E-state index >= 15 is 0 Å². The second kappa shape index (κ2) is 7.74. The third-order valence-corrected chi connectivity index (χ3v) is 3.78. The molecule has 2 N–H and O–H groups in total. The molecule has 0 aliphatic carbocycles. The molecule has 0 radical (unpaired) electrons. The number of fused-ring (bicyclic) bond motifs is 1. The maximum absolute atomic E-state index is 12.4. The molecule has 0 aliphatic rings. The predicted octanol–water partition coefficient (Wildman–Crippen LogP) is 3.07. The van der Waals surface area contributed by atoms with Crippen molar-refractivity contribution in [1.29, 1.82) is 0 Å². The first-order valence-corrected chi connectivity index (χ1v) is 8.34. The molecule has 3 aromatic rings. The van der Waals surface area contributed by atoms with E-state index in [-0.39, 0.29) is 40.4 Å². The highest BCUT2D eigenvalue weighted by molar-refractivity contribution is 5.86. The van der Waals surface area contributed by atoms with Crippen LogP contribution < -0.4 is 15.5 Å². The molecule has 0 saturated carbocycles. The van der Waals surface area contributed by atoms with E-state index in [1.165, 1.54) is 18.2 Å². The second-order valence-electron chi connectivity index (χ2n) is 5.80. The highest BCUT2D eigenvalue weighted by atomic mass is 16.5. The van der Waals surface area contributed by atoms with Crippen molar-refractivity contribution in [3.63, 3.8) is 0 Å². The lowest BCUT2D eigenvalue weighted by Crippen LogP contribution is -2.29. The Morgan fingerprint density at radius 2 is 1.96 bits per heavy atom. The van der Waals surface area contributed by atoms with Gasteiger partial charge < -0.3 is 19.6 Å². The Hall–Kier alpha value is -3.28. The van der Waals surface area contributed by atoms with Gasteiger partial charge in [-0.2, -0.15) is 0 Å². The van der Waals surface area contributed by atoms with Gasteiger partial charge in [0.1, 0.15) is 28.2 Å². The van der Waals surface area contributed by atoms with Crippen molar-refractivity contribution in [2.24, 2.45) is 0 Å². The Balaban J connectivity index is 1.93. The molecule has 0 spiro atoms. The van der Waals surface area contributed by atoms with Crippen molar-refractivity contribution in [3.8, 4) is 22.8 Å². The average Bonchev–Trinajstić information content (AvgIpc) is 2.64. The largest absolute Gasteiger partial charge is 0.507 e. The molecule has 1 aromatic heterocycles. The van der Waals surface area contributed by atoms with Gasteiger partial charge in [-0.1, -0.05) is 37.3 Å². The van der Waals surface area contributed by atoms with Crippen LogP contribution in [0.5, 0.6) is 11.5 Å². The monoisotopic (exact) mass is 353 g/mol. The Kier molecular flexibility index (Phi) is 5.22. The topological polar surface area (TPSA) is 88.8 Å². The minimum Gasteiger partial charge on any atom is -0.507 e. The van der Waals surface area contributed by atoms with Crippen molar-refractivity contribution in [1.82, 2.24) is 5.32 Å². The molecule has 1 heterocycles. The Bertz CT molecular complexity index is 979. The fourth-order valence-corrected chi connectivity index (χ4v) is 2.54. The first-order valence-electron chi connectivity index (χ1n) is 8.34. The maximum Gasteiger partial charge on any atom is 0.257 e. The molecular formula is C20H19NO5. The van der Waals surface area contributed by atoms with E-state index < -0.39 is 0 Å². The smallest absolute Gasteiger partial charge is 0.257 e. The standard InChI is InChI=1S/C20H19NO5/c1-2-8-21-19(24)12-25-14-9-15(22)20-16(23)11-17(26-18(20)10-14)13-6-4-3-5-7-13/h3-7,9-11,22H,2,8,12H2,1H3,(H,21,24). The summed E-state index contributed by atoms with van der Waals surface area (Å²) in [6.45, 7) is 2.34. The number of carbonyl (C=O) groups is 1. The molecule has 1 amide bonds. The number of nitrogens with one attached hydrogen (secondary N) is 1. The minimum absolute atomic E-state index is 0.0764. The molecular weight excluding hydrogens is 334 g/mol. The predicted molar refractivity (Wildman–Crippen MR) is 98.4 cm³/mol. The van der Waals surface area contributed by atoms with Crippen LogP contribution in [-0.2, 0) is 4.79 Å². The zero-order chi connectivity index (χ0) is 18.5. The summed E-state index contributed by atoms with van der Waals surface area (Å²) in [6.07, 6.45) is 0.829. The third kappa shape index (κ3) is 3.85. The SMILES string of the molecule is CCCNC(=O)COc1cc(O)c2c(=O)cc(-c3ccccc3)oc2c1. The van der Waals surface area contributed by atoms with Crippen molar-refractivity contribution in [2.45, 2.75) is 13.3 Å². The normalized spacial score (nSPS) is 10.7. The van der Waals surface area contributed by atoms with Crippen LogP contribution in [0.3, 0.4) is 0 Å². The molecule has 0 unspecified atom stereocenters. The van der Waals surface area contributed by atoms with Crippen LogP contribution in [0.2, 0.25) is 0 Å². The number of hydrogen-bond donors (Lipinski definition) is 2. The number of hydrogen-bond acceptors (Lipinski definition) is 5. The van der Waals surface area contributed by atoms with Crippen LogP contribution in [0.4, 0.5) is 0 Å². The first-order chi connectivity index (χ1) is 12.6. The summed E-state index contributed by atoms with van der Waals surface area (Å²) >= 11 is 0. The summed E-state index contributed by atoms with van der Waals surface area (Å²) in [4.78, 5) is 24.0. The zero-order valence-electron chi connectivity index (χ0n) is 14.3. The summed E-state index contributed by atoms with van der Waals surface area (Å²) in [5, 5.41) is 12.9. The summed E-state index contributed by atoms with van der Waals surface area (Å²) in [6, 6.07) is 13.3. The number of rotatable bonds is 6. The van der Waals surface area contributed by atoms with Crippen LogP contribution in [0.15, 0.2) is 57.7 Å². The number of phenolic OH excluding ortho intramolecular Hbond substituents is 1. The van der Waals surface area contributed by atoms with Gasteiger partial charge in [0.05, 0.1) is 0 Å². The lowest BCUT2D eigenvalue weighted by molar-refractivity contribution is -0.123. The van der Waals surface area contributed by atoms with Gasteiger partial charge in [0.25, 0.3) is 5.91 Å². The van der Waals surface area contributed by atoms with Crippen LogP contribution >= 0.6 is 0 Å². The molecule has 0 saturated heterocycles. The maximum atomic E-state index is 12.4. The number of amides is 1. The van der Waals surface area contributed by atoms with Crippen LogP contribution in [0.25, 0.3) is 22.3 Å². The molecule has 2 aromatic carbocycles. The number of phenols is 1. The van der Waals surface area contributed by atoms with Gasteiger partial charge in [0.2, 0.25) is 0 Å². The molecule has 0 atom stereocenters. The van der Waals surface area contributed by atoms with E-state index in [1.807, 2.05) is 37.3 Å². The summed E-state index contributed by atoms with van der Waals surface area (Å²) in [7, 11) is 0. The Morgan fingerprint density at radius 3 is 2.69 bits per heavy atom. The third-order valence-electron chi connectivity index (χ3n) is 3.78. The fourth-order valence-electron chi connectivity index (χ4n) is 2.54. The van der Waals surface area contributed by atoms with E-state index in [4.69, 9.17) is 9.15 Å². The number of ether oxygens (including phenoxy) is 1. The lowest BCUT2D eigenvalue weighted by atomic mass is 10.1. The Labute approximate surface area is 150 Å². The Morgan fingerprint density at radius 1 is 1.19 bits per heavy atom. The van der Waals surface area contributed by atoms with E-state index in [9.17, 15) is 14.7 Å². The molecule has 26 heavy (non-hydrogen) atoms. The van der Waals surface area contributed by atoms with Gasteiger partial charge in [0.15, 0.2) is 12.0 Å². The summed E-state index contributed by atoms with van der Waals surface area (Å²) in [5.74, 6) is 0.126. The number of aromatic hydroxyl groups is 1. The highest BCUT2D eigenvalue weighted by Crippen LogP contribution is 2.31. The van der Waals surface area contributed by atoms with E-state index in [0.717, 1.165) is 12.0 Å². The van der Waals surface area contributed by atoms with Crippen molar-refractivity contribution in [3.05, 3.63) is 58.8 Å². The van der Waals surface area contributed by atoms with E-state index in [1.54, 1.807) is 0 Å². The van der Waals surface area contributed by atoms with Crippen molar-refractivity contribution in [2.75, 3.05) is 13.2 Å². The van der Waals surface area contributed by atoms with Gasteiger partial charge in [-0.05, 0) is 6.42 Å². The fraction of sp³-hybridized carbons (Fsp3) is 0.200. The van der Waals surface area contributed by atoms with Gasteiger partial charge in [-0.25, -0.2) is 0 Å². The zero-order valence-corrected chi connectivity index (χ0v) is 14.3. The highest BCUT2D eigenvalue weighted by Gasteiger charge is 2.13. The van der Waals surface area contributed by atoms with Gasteiger partial charge >= 0.3 is 0 Å². The molecule has 0 fully saturated rings. The van der Waals surface area contributed by atoms with E-state index in [0.29, 0.717) is 12.3 Å². The van der Waals surface area contributed by atoms with Crippen molar-refractivity contribution < 1.29 is 19.1 Å². The number of benzene rings is 2. The van der Waals surface area contributed by atoms with Gasteiger partial charge in [-0.15, -0.1) is 0 Å². The second-order valence-corrected chi connectivity index (χ2v) is 5.80.